The van der Waals surface area contributed by atoms with Crippen molar-refractivity contribution in [3.63, 3.8) is 0 Å². The SMILES string of the molecule is COc1cc(-c2noc(CN3CCC(Cc4cccc(F)c4)CC3)n2)ccc1OC(F)F. The lowest BCUT2D eigenvalue weighted by atomic mass is 9.90. The Morgan fingerprint density at radius 1 is 1.12 bits per heavy atom. The summed E-state index contributed by atoms with van der Waals surface area (Å²) >= 11 is 0. The number of likely N-dealkylation sites (tertiary alicyclic amines) is 1. The average Bonchev–Trinajstić information content (AvgIpc) is 3.23. The molecule has 32 heavy (non-hydrogen) atoms. The van der Waals surface area contributed by atoms with E-state index in [0.29, 0.717) is 29.7 Å². The third-order valence-corrected chi connectivity index (χ3v) is 5.59. The third-order valence-electron chi connectivity index (χ3n) is 5.59. The number of piperidine rings is 1. The molecule has 2 aromatic carbocycles. The average molecular weight is 447 g/mol. The number of hydrogen-bond donors (Lipinski definition) is 0. The van der Waals surface area contributed by atoms with Crippen LogP contribution in [-0.4, -0.2) is 41.9 Å². The first-order valence-electron chi connectivity index (χ1n) is 10.4. The highest BCUT2D eigenvalue weighted by atomic mass is 19.3. The number of alkyl halides is 2. The summed E-state index contributed by atoms with van der Waals surface area (Å²) in [6.45, 7) is -0.621. The maximum absolute atomic E-state index is 13.4. The largest absolute Gasteiger partial charge is 0.493 e. The molecule has 0 aliphatic carbocycles. The van der Waals surface area contributed by atoms with Gasteiger partial charge in [0.25, 0.3) is 0 Å². The Morgan fingerprint density at radius 2 is 1.94 bits per heavy atom. The van der Waals surface area contributed by atoms with Gasteiger partial charge in [0.1, 0.15) is 5.82 Å². The van der Waals surface area contributed by atoms with Gasteiger partial charge in [0.2, 0.25) is 11.7 Å². The number of halogens is 3. The molecule has 0 unspecified atom stereocenters. The number of methoxy groups -OCH3 is 1. The number of nitrogens with zero attached hydrogens (tertiary/aromatic N) is 3. The Morgan fingerprint density at radius 3 is 2.66 bits per heavy atom. The Balaban J connectivity index is 1.33. The fourth-order valence-corrected chi connectivity index (χ4v) is 3.97. The smallest absolute Gasteiger partial charge is 0.387 e. The van der Waals surface area contributed by atoms with Crippen molar-refractivity contribution in [2.45, 2.75) is 32.4 Å². The quantitative estimate of drug-likeness (QED) is 0.488. The number of ether oxygens (including phenoxy) is 2. The molecule has 0 amide bonds. The van der Waals surface area contributed by atoms with Crippen molar-refractivity contribution in [2.75, 3.05) is 20.2 Å². The molecular weight excluding hydrogens is 423 g/mol. The van der Waals surface area contributed by atoms with Crippen LogP contribution in [0, 0.1) is 11.7 Å². The summed E-state index contributed by atoms with van der Waals surface area (Å²) in [4.78, 5) is 6.68. The molecule has 1 aromatic heterocycles. The Bertz CT molecular complexity index is 1040. The van der Waals surface area contributed by atoms with E-state index in [-0.39, 0.29) is 17.3 Å². The fourth-order valence-electron chi connectivity index (χ4n) is 3.97. The Labute approximate surface area is 183 Å². The summed E-state index contributed by atoms with van der Waals surface area (Å²) in [5.41, 5.74) is 1.61. The van der Waals surface area contributed by atoms with Crippen LogP contribution in [-0.2, 0) is 13.0 Å². The van der Waals surface area contributed by atoms with Gasteiger partial charge >= 0.3 is 6.61 Å². The molecule has 0 radical (unpaired) electrons. The number of rotatable bonds is 8. The molecule has 1 aliphatic rings. The van der Waals surface area contributed by atoms with Crippen LogP contribution in [0.15, 0.2) is 47.0 Å². The molecule has 6 nitrogen and oxygen atoms in total. The summed E-state index contributed by atoms with van der Waals surface area (Å²) in [5, 5.41) is 4.00. The Hall–Kier alpha value is -3.07. The van der Waals surface area contributed by atoms with Crippen molar-refractivity contribution < 1.29 is 27.2 Å². The lowest BCUT2D eigenvalue weighted by Crippen LogP contribution is -2.34. The van der Waals surface area contributed by atoms with Crippen LogP contribution in [0.2, 0.25) is 0 Å². The van der Waals surface area contributed by atoms with Gasteiger partial charge in [-0.1, -0.05) is 17.3 Å². The van der Waals surface area contributed by atoms with Crippen LogP contribution in [0.3, 0.4) is 0 Å². The molecule has 0 spiro atoms. The summed E-state index contributed by atoms with van der Waals surface area (Å²) in [6.07, 6.45) is 2.91. The van der Waals surface area contributed by atoms with Crippen LogP contribution < -0.4 is 9.47 Å². The first kappa shape index (κ1) is 22.1. The van der Waals surface area contributed by atoms with E-state index in [1.165, 1.54) is 25.3 Å². The monoisotopic (exact) mass is 447 g/mol. The second-order valence-electron chi connectivity index (χ2n) is 7.81. The van der Waals surface area contributed by atoms with Crippen molar-refractivity contribution in [1.29, 1.82) is 0 Å². The first-order valence-corrected chi connectivity index (χ1v) is 10.4. The maximum Gasteiger partial charge on any atom is 0.387 e. The zero-order valence-corrected chi connectivity index (χ0v) is 17.6. The van der Waals surface area contributed by atoms with Crippen molar-refractivity contribution >= 4 is 0 Å². The van der Waals surface area contributed by atoms with Gasteiger partial charge in [0.05, 0.1) is 13.7 Å². The molecule has 1 fully saturated rings. The lowest BCUT2D eigenvalue weighted by Gasteiger charge is -2.31. The van der Waals surface area contributed by atoms with Gasteiger partial charge in [-0.3, -0.25) is 4.90 Å². The summed E-state index contributed by atoms with van der Waals surface area (Å²) < 4.78 is 53.3. The van der Waals surface area contributed by atoms with Crippen LogP contribution in [0.25, 0.3) is 11.4 Å². The second kappa shape index (κ2) is 10.0. The molecule has 3 aromatic rings. The van der Waals surface area contributed by atoms with Crippen molar-refractivity contribution in [2.24, 2.45) is 5.92 Å². The van der Waals surface area contributed by atoms with Crippen LogP contribution >= 0.6 is 0 Å². The number of aromatic nitrogens is 2. The van der Waals surface area contributed by atoms with Gasteiger partial charge in [-0.2, -0.15) is 13.8 Å². The van der Waals surface area contributed by atoms with Gasteiger partial charge in [-0.15, -0.1) is 0 Å². The molecular formula is C23H24F3N3O3. The van der Waals surface area contributed by atoms with Crippen molar-refractivity contribution in [1.82, 2.24) is 15.0 Å². The van der Waals surface area contributed by atoms with E-state index in [9.17, 15) is 13.2 Å². The van der Waals surface area contributed by atoms with E-state index in [1.54, 1.807) is 18.2 Å². The molecule has 0 bridgehead atoms. The minimum atomic E-state index is -2.94. The summed E-state index contributed by atoms with van der Waals surface area (Å²) in [7, 11) is 1.37. The van der Waals surface area contributed by atoms with E-state index < -0.39 is 6.61 Å². The molecule has 2 heterocycles. The third kappa shape index (κ3) is 5.59. The topological polar surface area (TPSA) is 60.6 Å². The van der Waals surface area contributed by atoms with Crippen LogP contribution in [0.4, 0.5) is 13.2 Å². The predicted molar refractivity (Wildman–Crippen MR) is 111 cm³/mol. The maximum atomic E-state index is 13.4. The molecule has 0 N–H and O–H groups in total. The molecule has 0 atom stereocenters. The van der Waals surface area contributed by atoms with E-state index in [0.717, 1.165) is 37.9 Å². The summed E-state index contributed by atoms with van der Waals surface area (Å²) in [6, 6.07) is 11.3. The van der Waals surface area contributed by atoms with E-state index in [1.807, 2.05) is 6.07 Å². The fraction of sp³-hybridized carbons (Fsp3) is 0.391. The summed E-state index contributed by atoms with van der Waals surface area (Å²) in [5.74, 6) is 1.26. The zero-order chi connectivity index (χ0) is 22.5. The van der Waals surface area contributed by atoms with E-state index in [4.69, 9.17) is 9.26 Å². The predicted octanol–water partition coefficient (Wildman–Crippen LogP) is 4.94. The highest BCUT2D eigenvalue weighted by Gasteiger charge is 2.22. The normalized spacial score (nSPS) is 15.3. The molecule has 1 saturated heterocycles. The van der Waals surface area contributed by atoms with Gasteiger partial charge in [-0.25, -0.2) is 4.39 Å². The highest BCUT2D eigenvalue weighted by Crippen LogP contribution is 2.32. The van der Waals surface area contributed by atoms with Gasteiger partial charge in [-0.05, 0) is 74.2 Å². The van der Waals surface area contributed by atoms with E-state index in [2.05, 4.69) is 19.8 Å². The van der Waals surface area contributed by atoms with E-state index >= 15 is 0 Å². The second-order valence-corrected chi connectivity index (χ2v) is 7.81. The molecule has 170 valence electrons. The van der Waals surface area contributed by atoms with Gasteiger partial charge < -0.3 is 14.0 Å². The Kier molecular flexibility index (Phi) is 6.94. The van der Waals surface area contributed by atoms with Crippen LogP contribution in [0.5, 0.6) is 11.5 Å². The lowest BCUT2D eigenvalue weighted by molar-refractivity contribution is -0.0512. The first-order chi connectivity index (χ1) is 15.5. The van der Waals surface area contributed by atoms with Crippen molar-refractivity contribution in [3.8, 4) is 22.9 Å². The van der Waals surface area contributed by atoms with Crippen molar-refractivity contribution in [3.05, 3.63) is 59.7 Å². The van der Waals surface area contributed by atoms with Crippen LogP contribution in [0.1, 0.15) is 24.3 Å². The standard InChI is InChI=1S/C23H24F3N3O3/c1-30-20-13-17(5-6-19(20)31-23(25)26)22-27-21(32-28-22)14-29-9-7-15(8-10-29)11-16-3-2-4-18(24)12-16/h2-6,12-13,15,23H,7-11,14H2,1H3. The minimum Gasteiger partial charge on any atom is -0.493 e. The van der Waals surface area contributed by atoms with Gasteiger partial charge in [0, 0.05) is 5.56 Å². The minimum absolute atomic E-state index is 0.0592. The highest BCUT2D eigenvalue weighted by molar-refractivity contribution is 5.60. The molecule has 9 heteroatoms. The molecule has 4 rings (SSSR count). The number of hydrogen-bond acceptors (Lipinski definition) is 6. The number of benzene rings is 2. The van der Waals surface area contributed by atoms with Gasteiger partial charge in [0.15, 0.2) is 11.5 Å². The molecule has 0 saturated carbocycles. The molecule has 1 aliphatic heterocycles. The zero-order valence-electron chi connectivity index (χ0n) is 17.6.